The summed E-state index contributed by atoms with van der Waals surface area (Å²) in [5, 5.41) is 0. The molecule has 2 heterocycles. The molecule has 0 aliphatic rings. The number of nitrogens with zero attached hydrogens (tertiary/aromatic N) is 2. The van der Waals surface area contributed by atoms with Gasteiger partial charge in [-0.2, -0.15) is 0 Å². The molecule has 110 valence electrons. The van der Waals surface area contributed by atoms with E-state index in [0.717, 1.165) is 33.4 Å². The lowest BCUT2D eigenvalue weighted by molar-refractivity contribution is 0.404. The Hall–Kier alpha value is -2.05. The minimum atomic E-state index is 0.410. The second-order valence-electron chi connectivity index (χ2n) is 4.67. The molecule has 0 aliphatic heterocycles. The lowest BCUT2D eigenvalue weighted by Crippen LogP contribution is -2.02. The summed E-state index contributed by atoms with van der Waals surface area (Å²) in [5.74, 6) is 1.52. The Morgan fingerprint density at radius 1 is 1.29 bits per heavy atom. The molecule has 0 saturated carbocycles. The monoisotopic (exact) mass is 303 g/mol. The van der Waals surface area contributed by atoms with Gasteiger partial charge in [0.15, 0.2) is 4.96 Å². The molecule has 21 heavy (non-hydrogen) atoms. The van der Waals surface area contributed by atoms with Crippen molar-refractivity contribution in [3.05, 3.63) is 35.0 Å². The Kier molecular flexibility index (Phi) is 3.57. The molecule has 0 saturated heterocycles. The first kappa shape index (κ1) is 13.9. The zero-order valence-electron chi connectivity index (χ0n) is 12.2. The van der Waals surface area contributed by atoms with Gasteiger partial charge in [-0.25, -0.2) is 4.98 Å². The van der Waals surface area contributed by atoms with Gasteiger partial charge < -0.3 is 15.2 Å². The van der Waals surface area contributed by atoms with Crippen molar-refractivity contribution in [2.75, 3.05) is 14.2 Å². The number of methoxy groups -OCH3 is 2. The molecule has 0 atom stereocenters. The van der Waals surface area contributed by atoms with Crippen LogP contribution in [0.5, 0.6) is 11.5 Å². The highest BCUT2D eigenvalue weighted by molar-refractivity contribution is 7.17. The Balaban J connectivity index is 2.26. The lowest BCUT2D eigenvalue weighted by Gasteiger charge is -2.10. The number of hydrogen-bond acceptors (Lipinski definition) is 5. The second-order valence-corrected chi connectivity index (χ2v) is 5.89. The van der Waals surface area contributed by atoms with Gasteiger partial charge in [-0.15, -0.1) is 11.3 Å². The molecule has 2 N–H and O–H groups in total. The Morgan fingerprint density at radius 3 is 2.76 bits per heavy atom. The fraction of sp³-hybridized carbons (Fsp3) is 0.267. The van der Waals surface area contributed by atoms with E-state index in [0.29, 0.717) is 6.54 Å². The topological polar surface area (TPSA) is 61.8 Å². The highest BCUT2D eigenvalue weighted by Gasteiger charge is 2.18. The van der Waals surface area contributed by atoms with Crippen LogP contribution < -0.4 is 15.2 Å². The highest BCUT2D eigenvalue weighted by atomic mass is 32.1. The number of fused-ring (bicyclic) bond motifs is 1. The third-order valence-corrected chi connectivity index (χ3v) is 4.29. The average molecular weight is 303 g/mol. The summed E-state index contributed by atoms with van der Waals surface area (Å²) in [6, 6.07) is 5.68. The molecule has 5 nitrogen and oxygen atoms in total. The Bertz CT molecular complexity index is 792. The van der Waals surface area contributed by atoms with Crippen LogP contribution in [0.3, 0.4) is 0 Å². The van der Waals surface area contributed by atoms with Crippen LogP contribution in [-0.4, -0.2) is 23.6 Å². The van der Waals surface area contributed by atoms with Gasteiger partial charge >= 0.3 is 0 Å². The van der Waals surface area contributed by atoms with E-state index in [-0.39, 0.29) is 0 Å². The number of rotatable bonds is 4. The average Bonchev–Trinajstić information content (AvgIpc) is 3.01. The number of thiazole rings is 1. The van der Waals surface area contributed by atoms with Gasteiger partial charge in [-0.1, -0.05) is 0 Å². The van der Waals surface area contributed by atoms with Crippen LogP contribution in [0.2, 0.25) is 0 Å². The summed E-state index contributed by atoms with van der Waals surface area (Å²) in [6.07, 6.45) is 2.06. The van der Waals surface area contributed by atoms with Crippen LogP contribution in [-0.2, 0) is 6.54 Å². The number of benzene rings is 1. The van der Waals surface area contributed by atoms with Gasteiger partial charge in [0, 0.05) is 23.2 Å². The number of imidazole rings is 1. The maximum absolute atomic E-state index is 5.94. The van der Waals surface area contributed by atoms with Crippen LogP contribution in [0.4, 0.5) is 0 Å². The lowest BCUT2D eigenvalue weighted by atomic mass is 10.1. The fourth-order valence-corrected chi connectivity index (χ4v) is 3.25. The molecule has 6 heteroatoms. The third kappa shape index (κ3) is 2.26. The number of nitrogens with two attached hydrogens (primary N) is 1. The summed E-state index contributed by atoms with van der Waals surface area (Å²) < 4.78 is 12.8. The molecular formula is C15H17N3O2S. The van der Waals surface area contributed by atoms with Crippen molar-refractivity contribution < 1.29 is 9.47 Å². The smallest absolute Gasteiger partial charge is 0.194 e. The minimum Gasteiger partial charge on any atom is -0.497 e. The maximum Gasteiger partial charge on any atom is 0.194 e. The van der Waals surface area contributed by atoms with Crippen LogP contribution in [0.25, 0.3) is 16.2 Å². The molecule has 0 aliphatic carbocycles. The molecule has 0 fully saturated rings. The standard InChI is InChI=1S/C15H17N3O2S/c1-9-8-18-12(7-16)14(17-15(18)21-9)11-6-10(19-2)4-5-13(11)20-3/h4-6,8H,7,16H2,1-3H3. The zero-order valence-corrected chi connectivity index (χ0v) is 13.0. The largest absolute Gasteiger partial charge is 0.497 e. The minimum absolute atomic E-state index is 0.410. The Morgan fingerprint density at radius 2 is 2.10 bits per heavy atom. The molecule has 0 radical (unpaired) electrons. The second kappa shape index (κ2) is 5.38. The fourth-order valence-electron chi connectivity index (χ4n) is 2.41. The summed E-state index contributed by atoms with van der Waals surface area (Å²) in [7, 11) is 3.29. The van der Waals surface area contributed by atoms with E-state index in [4.69, 9.17) is 20.2 Å². The van der Waals surface area contributed by atoms with Crippen LogP contribution in [0.1, 0.15) is 10.6 Å². The molecule has 0 amide bonds. The molecule has 0 bridgehead atoms. The summed E-state index contributed by atoms with van der Waals surface area (Å²) in [5.41, 5.74) is 8.66. The van der Waals surface area contributed by atoms with E-state index < -0.39 is 0 Å². The number of aromatic nitrogens is 2. The van der Waals surface area contributed by atoms with Crippen molar-refractivity contribution in [2.45, 2.75) is 13.5 Å². The maximum atomic E-state index is 5.94. The van der Waals surface area contributed by atoms with Gasteiger partial charge in [0.25, 0.3) is 0 Å². The molecule has 2 aromatic heterocycles. The number of ether oxygens (including phenoxy) is 2. The third-order valence-electron chi connectivity index (χ3n) is 3.40. The van der Waals surface area contributed by atoms with Crippen LogP contribution in [0, 0.1) is 6.92 Å². The number of aryl methyl sites for hydroxylation is 1. The van der Waals surface area contributed by atoms with Crippen molar-refractivity contribution in [1.82, 2.24) is 9.38 Å². The number of hydrogen-bond donors (Lipinski definition) is 1. The SMILES string of the molecule is COc1ccc(OC)c(-c2nc3sc(C)cn3c2CN)c1. The summed E-state index contributed by atoms with van der Waals surface area (Å²) in [6.45, 7) is 2.47. The molecule has 3 rings (SSSR count). The Labute approximate surface area is 126 Å². The van der Waals surface area contributed by atoms with E-state index >= 15 is 0 Å². The van der Waals surface area contributed by atoms with Crippen LogP contribution in [0.15, 0.2) is 24.4 Å². The van der Waals surface area contributed by atoms with E-state index in [9.17, 15) is 0 Å². The van der Waals surface area contributed by atoms with E-state index in [2.05, 4.69) is 13.1 Å². The first-order valence-electron chi connectivity index (χ1n) is 6.57. The van der Waals surface area contributed by atoms with Gasteiger partial charge in [0.05, 0.1) is 25.6 Å². The predicted octanol–water partition coefficient (Wildman–Crippen LogP) is 2.85. The van der Waals surface area contributed by atoms with Crippen molar-refractivity contribution in [2.24, 2.45) is 5.73 Å². The van der Waals surface area contributed by atoms with Gasteiger partial charge in [-0.05, 0) is 25.1 Å². The first-order valence-corrected chi connectivity index (χ1v) is 7.39. The van der Waals surface area contributed by atoms with Crippen LogP contribution >= 0.6 is 11.3 Å². The zero-order chi connectivity index (χ0) is 15.0. The van der Waals surface area contributed by atoms with E-state index in [1.54, 1.807) is 25.6 Å². The molecule has 1 aromatic carbocycles. The summed E-state index contributed by atoms with van der Waals surface area (Å²) >= 11 is 1.64. The van der Waals surface area contributed by atoms with Crippen molar-refractivity contribution >= 4 is 16.3 Å². The van der Waals surface area contributed by atoms with Crippen molar-refractivity contribution in [3.8, 4) is 22.8 Å². The molecular weight excluding hydrogens is 286 g/mol. The van der Waals surface area contributed by atoms with Gasteiger partial charge in [0.1, 0.15) is 11.5 Å². The van der Waals surface area contributed by atoms with Gasteiger partial charge in [0.2, 0.25) is 0 Å². The van der Waals surface area contributed by atoms with E-state index in [1.807, 2.05) is 22.6 Å². The molecule has 0 unspecified atom stereocenters. The first-order chi connectivity index (χ1) is 10.2. The predicted molar refractivity (Wildman–Crippen MR) is 84.2 cm³/mol. The quantitative estimate of drug-likeness (QED) is 0.805. The van der Waals surface area contributed by atoms with Crippen molar-refractivity contribution in [1.29, 1.82) is 0 Å². The van der Waals surface area contributed by atoms with Gasteiger partial charge in [-0.3, -0.25) is 4.40 Å². The highest BCUT2D eigenvalue weighted by Crippen LogP contribution is 2.36. The normalized spacial score (nSPS) is 11.0. The molecule has 0 spiro atoms. The van der Waals surface area contributed by atoms with Crippen molar-refractivity contribution in [3.63, 3.8) is 0 Å². The van der Waals surface area contributed by atoms with E-state index in [1.165, 1.54) is 4.88 Å². The summed E-state index contributed by atoms with van der Waals surface area (Å²) in [4.78, 5) is 6.87. The molecule has 3 aromatic rings.